The number of ether oxygens (including phenoxy) is 1. The van der Waals surface area contributed by atoms with Crippen LogP contribution < -0.4 is 4.74 Å². The van der Waals surface area contributed by atoms with Crippen molar-refractivity contribution in [2.75, 3.05) is 32.8 Å². The van der Waals surface area contributed by atoms with Crippen LogP contribution >= 0.6 is 0 Å². The number of halogens is 2. The number of piperazine rings is 1. The molecule has 1 atom stereocenters. The molecule has 2 aromatic carbocycles. The van der Waals surface area contributed by atoms with Gasteiger partial charge in [-0.1, -0.05) is 12.1 Å². The number of benzene rings is 2. The summed E-state index contributed by atoms with van der Waals surface area (Å²) in [4.78, 5) is 6.65. The third-order valence-corrected chi connectivity index (χ3v) is 7.70. The van der Waals surface area contributed by atoms with E-state index >= 15 is 0 Å². The first-order valence-corrected chi connectivity index (χ1v) is 12.0. The van der Waals surface area contributed by atoms with E-state index in [4.69, 9.17) is 4.74 Å². The molecule has 2 heterocycles. The number of hydrogen-bond acceptors (Lipinski definition) is 5. The summed E-state index contributed by atoms with van der Waals surface area (Å²) in [6.07, 6.45) is 0. The Balaban J connectivity index is 1.49. The maximum Gasteiger partial charge on any atom is 0.320 e. The summed E-state index contributed by atoms with van der Waals surface area (Å²) in [6.45, 7) is 2.88. The molecule has 3 aromatic rings. The van der Waals surface area contributed by atoms with Gasteiger partial charge in [0.15, 0.2) is 0 Å². The summed E-state index contributed by atoms with van der Waals surface area (Å²) in [5, 5.41) is 0. The SMILES string of the molecule is CCOc1ccc(S(=O)(=O)N2CCN(C(C)c3nc4ccccc4n3C(F)F)CC2)cc1. The van der Waals surface area contributed by atoms with Crippen molar-refractivity contribution in [3.63, 3.8) is 0 Å². The van der Waals surface area contributed by atoms with Gasteiger partial charge in [-0.3, -0.25) is 9.47 Å². The van der Waals surface area contributed by atoms with Crippen molar-refractivity contribution in [1.29, 1.82) is 0 Å². The maximum atomic E-state index is 13.8. The summed E-state index contributed by atoms with van der Waals surface area (Å²) in [6, 6.07) is 12.8. The van der Waals surface area contributed by atoms with E-state index in [0.717, 1.165) is 4.57 Å². The highest BCUT2D eigenvalue weighted by Gasteiger charge is 2.32. The van der Waals surface area contributed by atoms with E-state index in [1.54, 1.807) is 48.5 Å². The highest BCUT2D eigenvalue weighted by atomic mass is 32.2. The highest BCUT2D eigenvalue weighted by Crippen LogP contribution is 2.30. The van der Waals surface area contributed by atoms with Gasteiger partial charge in [0.1, 0.15) is 11.6 Å². The number of nitrogens with zero attached hydrogens (tertiary/aromatic N) is 4. The Bertz CT molecular complexity index is 1170. The molecular formula is C22H26F2N4O3S. The Hall–Kier alpha value is -2.56. The first-order valence-electron chi connectivity index (χ1n) is 10.5. The lowest BCUT2D eigenvalue weighted by Gasteiger charge is -2.37. The molecule has 32 heavy (non-hydrogen) atoms. The Morgan fingerprint density at radius 3 is 2.31 bits per heavy atom. The van der Waals surface area contributed by atoms with Crippen molar-refractivity contribution in [2.24, 2.45) is 0 Å². The number of sulfonamides is 1. The molecule has 1 fully saturated rings. The van der Waals surface area contributed by atoms with Gasteiger partial charge in [-0.25, -0.2) is 13.4 Å². The zero-order chi connectivity index (χ0) is 22.9. The second-order valence-corrected chi connectivity index (χ2v) is 9.56. The van der Waals surface area contributed by atoms with Gasteiger partial charge in [-0.15, -0.1) is 0 Å². The monoisotopic (exact) mass is 464 g/mol. The third-order valence-electron chi connectivity index (χ3n) is 5.79. The van der Waals surface area contributed by atoms with Crippen molar-refractivity contribution in [2.45, 2.75) is 31.3 Å². The predicted octanol–water partition coefficient (Wildman–Crippen LogP) is 3.90. The molecule has 0 radical (unpaired) electrons. The summed E-state index contributed by atoms with van der Waals surface area (Å²) in [5.74, 6) is 0.899. The van der Waals surface area contributed by atoms with Crippen LogP contribution in [-0.2, 0) is 10.0 Å². The zero-order valence-corrected chi connectivity index (χ0v) is 18.8. The number of hydrogen-bond donors (Lipinski definition) is 0. The molecule has 0 N–H and O–H groups in total. The quantitative estimate of drug-likeness (QED) is 0.531. The van der Waals surface area contributed by atoms with Gasteiger partial charge in [0, 0.05) is 26.2 Å². The Morgan fingerprint density at radius 2 is 1.69 bits per heavy atom. The smallest absolute Gasteiger partial charge is 0.320 e. The van der Waals surface area contributed by atoms with Crippen molar-refractivity contribution in [3.05, 3.63) is 54.4 Å². The lowest BCUT2D eigenvalue weighted by Crippen LogP contribution is -2.49. The second-order valence-electron chi connectivity index (χ2n) is 7.63. The zero-order valence-electron chi connectivity index (χ0n) is 18.0. The molecule has 4 rings (SSSR count). The molecule has 1 aliphatic heterocycles. The number of imidazole rings is 1. The molecule has 1 unspecified atom stereocenters. The minimum Gasteiger partial charge on any atom is -0.494 e. The average molecular weight is 465 g/mol. The topological polar surface area (TPSA) is 67.7 Å². The van der Waals surface area contributed by atoms with Gasteiger partial charge in [0.25, 0.3) is 0 Å². The first-order chi connectivity index (χ1) is 15.3. The third kappa shape index (κ3) is 4.22. The van der Waals surface area contributed by atoms with E-state index in [-0.39, 0.29) is 29.9 Å². The van der Waals surface area contributed by atoms with Crippen molar-refractivity contribution < 1.29 is 21.9 Å². The maximum absolute atomic E-state index is 13.8. The Labute approximate surface area is 186 Å². The van der Waals surface area contributed by atoms with Crippen LogP contribution in [0.5, 0.6) is 5.75 Å². The van der Waals surface area contributed by atoms with E-state index in [9.17, 15) is 17.2 Å². The number of fused-ring (bicyclic) bond motifs is 1. The second kappa shape index (κ2) is 9.13. The molecule has 0 saturated carbocycles. The molecule has 0 spiro atoms. The molecule has 0 amide bonds. The average Bonchev–Trinajstić information content (AvgIpc) is 3.19. The van der Waals surface area contributed by atoms with Crippen LogP contribution in [0.25, 0.3) is 11.0 Å². The molecule has 1 aliphatic rings. The van der Waals surface area contributed by atoms with Gasteiger partial charge >= 0.3 is 6.55 Å². The molecule has 172 valence electrons. The first kappa shape index (κ1) is 22.6. The predicted molar refractivity (Wildman–Crippen MR) is 117 cm³/mol. The van der Waals surface area contributed by atoms with Gasteiger partial charge in [-0.05, 0) is 50.2 Å². The van der Waals surface area contributed by atoms with Crippen LogP contribution in [0.1, 0.15) is 32.3 Å². The summed E-state index contributed by atoms with van der Waals surface area (Å²) in [7, 11) is -3.64. The highest BCUT2D eigenvalue weighted by molar-refractivity contribution is 7.89. The molecule has 7 nitrogen and oxygen atoms in total. The largest absolute Gasteiger partial charge is 0.494 e. The molecule has 0 bridgehead atoms. The van der Waals surface area contributed by atoms with Crippen molar-refractivity contribution in [3.8, 4) is 5.75 Å². The van der Waals surface area contributed by atoms with Gasteiger partial charge in [-0.2, -0.15) is 13.1 Å². The fourth-order valence-electron chi connectivity index (χ4n) is 4.08. The lowest BCUT2D eigenvalue weighted by atomic mass is 10.2. The fourth-order valence-corrected chi connectivity index (χ4v) is 5.50. The fraction of sp³-hybridized carbons (Fsp3) is 0.409. The standard InChI is InChI=1S/C22H26F2N4O3S/c1-3-31-17-8-10-18(11-9-17)32(29,30)27-14-12-26(13-15-27)16(2)21-25-19-6-4-5-7-20(19)28(21)22(23)24/h4-11,16,22H,3,12-15H2,1-2H3. The minimum absolute atomic E-state index is 0.210. The van der Waals surface area contributed by atoms with Crippen LogP contribution in [0.4, 0.5) is 8.78 Å². The van der Waals surface area contributed by atoms with Gasteiger partial charge in [0.2, 0.25) is 10.0 Å². The van der Waals surface area contributed by atoms with Crippen LogP contribution in [0.2, 0.25) is 0 Å². The van der Waals surface area contributed by atoms with Crippen LogP contribution in [0.15, 0.2) is 53.4 Å². The van der Waals surface area contributed by atoms with E-state index in [2.05, 4.69) is 4.98 Å². The van der Waals surface area contributed by atoms with E-state index in [0.29, 0.717) is 36.5 Å². The summed E-state index contributed by atoms with van der Waals surface area (Å²) in [5.41, 5.74) is 0.910. The number of para-hydroxylation sites is 2. The summed E-state index contributed by atoms with van der Waals surface area (Å²) >= 11 is 0. The van der Waals surface area contributed by atoms with E-state index < -0.39 is 16.6 Å². The normalized spacial score (nSPS) is 17.2. The van der Waals surface area contributed by atoms with Crippen LogP contribution in [0.3, 0.4) is 0 Å². The number of rotatable bonds is 7. The minimum atomic E-state index is -3.64. The number of alkyl halides is 2. The molecule has 10 heteroatoms. The van der Waals surface area contributed by atoms with E-state index in [1.807, 2.05) is 18.7 Å². The Kier molecular flexibility index (Phi) is 6.45. The van der Waals surface area contributed by atoms with Crippen LogP contribution in [0, 0.1) is 0 Å². The van der Waals surface area contributed by atoms with Crippen molar-refractivity contribution >= 4 is 21.1 Å². The molecule has 1 aromatic heterocycles. The van der Waals surface area contributed by atoms with E-state index in [1.165, 1.54) is 4.31 Å². The lowest BCUT2D eigenvalue weighted by molar-refractivity contribution is 0.0616. The number of aromatic nitrogens is 2. The molecule has 1 saturated heterocycles. The molecular weight excluding hydrogens is 438 g/mol. The Morgan fingerprint density at radius 1 is 1.03 bits per heavy atom. The van der Waals surface area contributed by atoms with Crippen molar-refractivity contribution in [1.82, 2.24) is 18.8 Å². The summed E-state index contributed by atoms with van der Waals surface area (Å²) < 4.78 is 61.4. The van der Waals surface area contributed by atoms with Crippen LogP contribution in [-0.4, -0.2) is 60.0 Å². The van der Waals surface area contributed by atoms with Gasteiger partial charge < -0.3 is 4.74 Å². The molecule has 0 aliphatic carbocycles. The van der Waals surface area contributed by atoms with Gasteiger partial charge in [0.05, 0.1) is 28.6 Å².